The molecule has 1 aliphatic carbocycles. The molecule has 6 aromatic carbocycles. The third-order valence-corrected chi connectivity index (χ3v) is 11.0. The molecule has 0 amide bonds. The van der Waals surface area contributed by atoms with Crippen LogP contribution in [-0.2, 0) is 5.41 Å². The van der Waals surface area contributed by atoms with Gasteiger partial charge in [0.05, 0.1) is 38.9 Å². The zero-order chi connectivity index (χ0) is 34.9. The average Bonchev–Trinajstić information content (AvgIpc) is 3.54. The Morgan fingerprint density at radius 2 is 0.717 bits per heavy atom. The standard InChI is InChI=1S/C49H30N4/c1-3-11-41-39(9-1)40-10-2-4-12-42(40)49(41,37-23-17-31(18-24-37)43-27-21-35-15-13-33-7-5-29-50-45(33)47(35)52-43)38-25-19-32(20-26-38)44-28-22-36-16-14-34-8-6-30-51-46(34)48(36)53-44/h1-30H. The van der Waals surface area contributed by atoms with Crippen molar-refractivity contribution < 1.29 is 0 Å². The monoisotopic (exact) mass is 674 g/mol. The van der Waals surface area contributed by atoms with Crippen LogP contribution in [-0.4, -0.2) is 19.9 Å². The van der Waals surface area contributed by atoms with E-state index in [-0.39, 0.29) is 0 Å². The fourth-order valence-corrected chi connectivity index (χ4v) is 8.57. The van der Waals surface area contributed by atoms with Crippen LogP contribution in [0.15, 0.2) is 182 Å². The normalized spacial score (nSPS) is 13.1. The molecule has 11 rings (SSSR count). The quantitative estimate of drug-likeness (QED) is 0.174. The third-order valence-electron chi connectivity index (χ3n) is 11.0. The molecule has 4 aromatic heterocycles. The van der Waals surface area contributed by atoms with Crippen LogP contribution in [0.2, 0.25) is 0 Å². The summed E-state index contributed by atoms with van der Waals surface area (Å²) in [6.45, 7) is 0. The topological polar surface area (TPSA) is 51.6 Å². The molecule has 0 atom stereocenters. The van der Waals surface area contributed by atoms with Crippen molar-refractivity contribution in [3.8, 4) is 33.6 Å². The number of nitrogens with zero attached hydrogens (tertiary/aromatic N) is 4. The van der Waals surface area contributed by atoms with Crippen molar-refractivity contribution >= 4 is 43.6 Å². The summed E-state index contributed by atoms with van der Waals surface area (Å²) in [7, 11) is 0. The number of hydrogen-bond acceptors (Lipinski definition) is 4. The molecule has 4 heteroatoms. The smallest absolute Gasteiger partial charge is 0.0972 e. The van der Waals surface area contributed by atoms with Gasteiger partial charge in [0.2, 0.25) is 0 Å². The van der Waals surface area contributed by atoms with Gasteiger partial charge < -0.3 is 0 Å². The first-order valence-corrected chi connectivity index (χ1v) is 18.0. The molecule has 53 heavy (non-hydrogen) atoms. The Morgan fingerprint density at radius 3 is 1.17 bits per heavy atom. The van der Waals surface area contributed by atoms with E-state index in [9.17, 15) is 0 Å². The largest absolute Gasteiger partial charge is 0.254 e. The van der Waals surface area contributed by atoms with Crippen LogP contribution >= 0.6 is 0 Å². The summed E-state index contributed by atoms with van der Waals surface area (Å²) in [5.41, 5.74) is 14.7. The predicted octanol–water partition coefficient (Wildman–Crippen LogP) is 11.6. The van der Waals surface area contributed by atoms with E-state index in [0.29, 0.717) is 0 Å². The Balaban J connectivity index is 1.06. The number of pyridine rings is 4. The van der Waals surface area contributed by atoms with Crippen molar-refractivity contribution in [2.24, 2.45) is 0 Å². The molecule has 4 nitrogen and oxygen atoms in total. The molecule has 246 valence electrons. The van der Waals surface area contributed by atoms with E-state index in [1.165, 1.54) is 33.4 Å². The van der Waals surface area contributed by atoms with Gasteiger partial charge in [-0.3, -0.25) is 9.97 Å². The Morgan fingerprint density at radius 1 is 0.321 bits per heavy atom. The molecule has 0 spiro atoms. The van der Waals surface area contributed by atoms with Gasteiger partial charge in [-0.15, -0.1) is 0 Å². The minimum absolute atomic E-state index is 0.516. The zero-order valence-electron chi connectivity index (χ0n) is 28.6. The average molecular weight is 675 g/mol. The number of rotatable bonds is 4. The Hall–Kier alpha value is -7.04. The summed E-state index contributed by atoms with van der Waals surface area (Å²) in [4.78, 5) is 19.7. The van der Waals surface area contributed by atoms with Crippen molar-refractivity contribution in [1.29, 1.82) is 0 Å². The van der Waals surface area contributed by atoms with Gasteiger partial charge in [0.1, 0.15) is 0 Å². The molecule has 1 aliphatic rings. The lowest BCUT2D eigenvalue weighted by Gasteiger charge is -2.34. The van der Waals surface area contributed by atoms with E-state index in [0.717, 1.165) is 66.1 Å². The molecule has 0 saturated heterocycles. The van der Waals surface area contributed by atoms with E-state index < -0.39 is 5.41 Å². The molecule has 0 fully saturated rings. The van der Waals surface area contributed by atoms with E-state index in [1.54, 1.807) is 0 Å². The Kier molecular flexibility index (Phi) is 6.43. The molecular formula is C49H30N4. The third kappa shape index (κ3) is 4.42. The lowest BCUT2D eigenvalue weighted by molar-refractivity contribution is 0.768. The summed E-state index contributed by atoms with van der Waals surface area (Å²) in [6.07, 6.45) is 3.68. The number of hydrogen-bond donors (Lipinski definition) is 0. The molecule has 0 N–H and O–H groups in total. The molecular weight excluding hydrogens is 645 g/mol. The number of fused-ring (bicyclic) bond motifs is 9. The maximum atomic E-state index is 5.15. The van der Waals surface area contributed by atoms with Crippen LogP contribution in [0.5, 0.6) is 0 Å². The highest BCUT2D eigenvalue weighted by molar-refractivity contribution is 6.04. The number of aromatic nitrogens is 4. The second kappa shape index (κ2) is 11.5. The summed E-state index contributed by atoms with van der Waals surface area (Å²) in [5, 5.41) is 4.35. The van der Waals surface area contributed by atoms with Crippen LogP contribution < -0.4 is 0 Å². The van der Waals surface area contributed by atoms with Crippen LogP contribution in [0.1, 0.15) is 22.3 Å². The number of benzene rings is 6. The molecule has 10 aromatic rings. The SMILES string of the molecule is c1ccc2c(c1)-c1ccccc1C2(c1ccc(-c2ccc3ccc4cccnc4c3n2)cc1)c1ccc(-c2ccc3ccc4cccnc4c3n2)cc1. The van der Waals surface area contributed by atoms with Crippen molar-refractivity contribution in [2.75, 3.05) is 0 Å². The molecule has 0 radical (unpaired) electrons. The van der Waals surface area contributed by atoms with Crippen LogP contribution in [0.25, 0.3) is 77.3 Å². The first kappa shape index (κ1) is 29.7. The van der Waals surface area contributed by atoms with Crippen molar-refractivity contribution in [3.05, 3.63) is 205 Å². The predicted molar refractivity (Wildman–Crippen MR) is 216 cm³/mol. The van der Waals surface area contributed by atoms with Gasteiger partial charge in [0.15, 0.2) is 0 Å². The van der Waals surface area contributed by atoms with Crippen molar-refractivity contribution in [3.63, 3.8) is 0 Å². The molecule has 0 bridgehead atoms. The maximum absolute atomic E-state index is 5.15. The highest BCUT2D eigenvalue weighted by Gasteiger charge is 2.45. The highest BCUT2D eigenvalue weighted by atomic mass is 14.8. The van der Waals surface area contributed by atoms with Gasteiger partial charge in [-0.05, 0) is 57.6 Å². The fraction of sp³-hybridized carbons (Fsp3) is 0.0204. The van der Waals surface area contributed by atoms with Gasteiger partial charge in [-0.1, -0.05) is 146 Å². The minimum atomic E-state index is -0.516. The Labute approximate surface area is 306 Å². The Bertz CT molecular complexity index is 2850. The van der Waals surface area contributed by atoms with Crippen LogP contribution in [0.4, 0.5) is 0 Å². The lowest BCUT2D eigenvalue weighted by atomic mass is 9.67. The van der Waals surface area contributed by atoms with Gasteiger partial charge >= 0.3 is 0 Å². The van der Waals surface area contributed by atoms with Gasteiger partial charge in [-0.25, -0.2) is 9.97 Å². The van der Waals surface area contributed by atoms with E-state index in [2.05, 4.69) is 168 Å². The zero-order valence-corrected chi connectivity index (χ0v) is 28.6. The molecule has 0 aliphatic heterocycles. The summed E-state index contributed by atoms with van der Waals surface area (Å²) >= 11 is 0. The van der Waals surface area contributed by atoms with E-state index in [1.807, 2.05) is 24.5 Å². The second-order valence-corrected chi connectivity index (χ2v) is 13.8. The van der Waals surface area contributed by atoms with E-state index >= 15 is 0 Å². The summed E-state index contributed by atoms with van der Waals surface area (Å²) < 4.78 is 0. The van der Waals surface area contributed by atoms with Gasteiger partial charge in [0.25, 0.3) is 0 Å². The molecule has 4 heterocycles. The van der Waals surface area contributed by atoms with Crippen LogP contribution in [0.3, 0.4) is 0 Å². The highest BCUT2D eigenvalue weighted by Crippen LogP contribution is 2.56. The van der Waals surface area contributed by atoms with Crippen LogP contribution in [0, 0.1) is 0 Å². The summed E-state index contributed by atoms with van der Waals surface area (Å²) in [5.74, 6) is 0. The lowest BCUT2D eigenvalue weighted by Crippen LogP contribution is -2.28. The maximum Gasteiger partial charge on any atom is 0.0972 e. The van der Waals surface area contributed by atoms with Gasteiger partial charge in [-0.2, -0.15) is 0 Å². The first-order chi connectivity index (χ1) is 26.3. The van der Waals surface area contributed by atoms with Gasteiger partial charge in [0, 0.05) is 45.1 Å². The summed E-state index contributed by atoms with van der Waals surface area (Å²) in [6, 6.07) is 60.9. The molecule has 0 unspecified atom stereocenters. The fourth-order valence-electron chi connectivity index (χ4n) is 8.57. The second-order valence-electron chi connectivity index (χ2n) is 13.8. The van der Waals surface area contributed by atoms with Crippen molar-refractivity contribution in [1.82, 2.24) is 19.9 Å². The van der Waals surface area contributed by atoms with E-state index in [4.69, 9.17) is 9.97 Å². The minimum Gasteiger partial charge on any atom is -0.254 e. The molecule has 0 saturated carbocycles. The first-order valence-electron chi connectivity index (χ1n) is 18.0. The van der Waals surface area contributed by atoms with Crippen molar-refractivity contribution in [2.45, 2.75) is 5.41 Å².